The Bertz CT molecular complexity index is 295. The van der Waals surface area contributed by atoms with Gasteiger partial charge in [0.05, 0.1) is 13.2 Å². The zero-order chi connectivity index (χ0) is 14.9. The number of hydrogen-bond acceptors (Lipinski definition) is 6. The second kappa shape index (κ2) is 9.80. The van der Waals surface area contributed by atoms with Crippen LogP contribution in [-0.4, -0.2) is 28.0 Å². The van der Waals surface area contributed by atoms with Gasteiger partial charge in [-0.1, -0.05) is 48.4 Å². The van der Waals surface area contributed by atoms with Gasteiger partial charge in [-0.05, 0) is 13.8 Å². The molecule has 0 aliphatic carbocycles. The van der Waals surface area contributed by atoms with Gasteiger partial charge in [0, 0.05) is 10.5 Å². The van der Waals surface area contributed by atoms with E-state index >= 15 is 0 Å². The van der Waals surface area contributed by atoms with Crippen LogP contribution in [0.15, 0.2) is 12.7 Å². The lowest BCUT2D eigenvalue weighted by Crippen LogP contribution is -2.10. The van der Waals surface area contributed by atoms with E-state index in [1.807, 2.05) is 19.9 Å². The average molecular weight is 345 g/mol. The highest BCUT2D eigenvalue weighted by molar-refractivity contribution is 8.79. The molecule has 0 aromatic heterocycles. The quantitative estimate of drug-likeness (QED) is 0.221. The van der Waals surface area contributed by atoms with Gasteiger partial charge in [0.1, 0.15) is 0 Å². The standard InChI is InChI=1S/C12H25O3PS3/c1-7-10-17-11(18-19-12(4,5)6)16(13,14-8-2)15-9-3/h7,11H,1,8-10H2,2-6H3. The van der Waals surface area contributed by atoms with Crippen molar-refractivity contribution in [3.8, 4) is 0 Å². The minimum absolute atomic E-state index is 0.0981. The van der Waals surface area contributed by atoms with E-state index < -0.39 is 7.60 Å². The molecule has 0 bridgehead atoms. The third kappa shape index (κ3) is 8.74. The second-order valence-corrected chi connectivity index (χ2v) is 12.0. The molecule has 0 aliphatic heterocycles. The SMILES string of the molecule is C=CCSC(SSC(C)(C)C)P(=O)(OCC)OCC. The van der Waals surface area contributed by atoms with E-state index in [1.165, 1.54) is 0 Å². The summed E-state index contributed by atoms with van der Waals surface area (Å²) in [5, 5.41) is 0. The van der Waals surface area contributed by atoms with Crippen LogP contribution in [0.3, 0.4) is 0 Å². The van der Waals surface area contributed by atoms with E-state index in [1.54, 1.807) is 33.3 Å². The van der Waals surface area contributed by atoms with Crippen molar-refractivity contribution in [3.63, 3.8) is 0 Å². The molecule has 1 unspecified atom stereocenters. The van der Waals surface area contributed by atoms with E-state index in [4.69, 9.17) is 9.05 Å². The van der Waals surface area contributed by atoms with Crippen LogP contribution in [-0.2, 0) is 13.6 Å². The van der Waals surface area contributed by atoms with Crippen molar-refractivity contribution in [1.82, 2.24) is 0 Å². The first kappa shape index (κ1) is 19.9. The van der Waals surface area contributed by atoms with Crippen molar-refractivity contribution in [2.45, 2.75) is 43.7 Å². The molecular weight excluding hydrogens is 319 g/mol. The van der Waals surface area contributed by atoms with Crippen LogP contribution < -0.4 is 0 Å². The Hall–Kier alpha value is 0.940. The van der Waals surface area contributed by atoms with Crippen LogP contribution in [0, 0.1) is 0 Å². The van der Waals surface area contributed by atoms with Crippen molar-refractivity contribution in [2.75, 3.05) is 19.0 Å². The maximum absolute atomic E-state index is 12.8. The molecule has 0 aliphatic rings. The summed E-state index contributed by atoms with van der Waals surface area (Å²) in [5.74, 6) is 0.729. The Kier molecular flexibility index (Phi) is 10.3. The summed E-state index contributed by atoms with van der Waals surface area (Å²) >= 11 is 1.56. The summed E-state index contributed by atoms with van der Waals surface area (Å²) in [5.41, 5.74) is 0. The Morgan fingerprint density at radius 3 is 2.16 bits per heavy atom. The molecule has 0 aromatic carbocycles. The number of hydrogen-bond donors (Lipinski definition) is 0. The van der Waals surface area contributed by atoms with Crippen molar-refractivity contribution >= 4 is 40.9 Å². The van der Waals surface area contributed by atoms with E-state index in [2.05, 4.69) is 27.4 Å². The predicted octanol–water partition coefficient (Wildman–Crippen LogP) is 5.64. The monoisotopic (exact) mass is 344 g/mol. The van der Waals surface area contributed by atoms with Gasteiger partial charge in [0.25, 0.3) is 0 Å². The fourth-order valence-electron chi connectivity index (χ4n) is 1.03. The molecule has 19 heavy (non-hydrogen) atoms. The van der Waals surface area contributed by atoms with Gasteiger partial charge in [-0.3, -0.25) is 4.57 Å². The molecule has 3 nitrogen and oxygen atoms in total. The number of rotatable bonds is 10. The third-order valence-electron chi connectivity index (χ3n) is 1.61. The van der Waals surface area contributed by atoms with Crippen molar-refractivity contribution in [2.24, 2.45) is 0 Å². The van der Waals surface area contributed by atoms with E-state index in [0.717, 1.165) is 5.75 Å². The smallest absolute Gasteiger partial charge is 0.307 e. The first-order valence-electron chi connectivity index (χ1n) is 6.24. The summed E-state index contributed by atoms with van der Waals surface area (Å²) in [6.45, 7) is 14.6. The third-order valence-corrected chi connectivity index (χ3v) is 11.0. The Morgan fingerprint density at radius 1 is 1.26 bits per heavy atom. The van der Waals surface area contributed by atoms with E-state index in [-0.39, 0.29) is 9.07 Å². The minimum Gasteiger partial charge on any atom is -0.307 e. The maximum Gasteiger partial charge on any atom is 0.354 e. The Morgan fingerprint density at radius 2 is 1.79 bits per heavy atom. The molecule has 7 heteroatoms. The van der Waals surface area contributed by atoms with Crippen molar-refractivity contribution in [1.29, 1.82) is 0 Å². The highest BCUT2D eigenvalue weighted by Gasteiger charge is 2.37. The molecule has 0 rings (SSSR count). The highest BCUT2D eigenvalue weighted by atomic mass is 33.1. The largest absolute Gasteiger partial charge is 0.354 e. The normalized spacial score (nSPS) is 14.4. The van der Waals surface area contributed by atoms with Crippen LogP contribution in [0.5, 0.6) is 0 Å². The van der Waals surface area contributed by atoms with Crippen LogP contribution >= 0.6 is 40.9 Å². The zero-order valence-corrected chi connectivity index (χ0v) is 15.7. The van der Waals surface area contributed by atoms with Crippen molar-refractivity contribution < 1.29 is 13.6 Å². The molecule has 114 valence electrons. The summed E-state index contributed by atoms with van der Waals surface area (Å²) < 4.78 is 23.5. The van der Waals surface area contributed by atoms with E-state index in [9.17, 15) is 4.57 Å². The molecule has 0 saturated heterocycles. The van der Waals surface area contributed by atoms with Gasteiger partial charge in [-0.2, -0.15) is 0 Å². The average Bonchev–Trinajstić information content (AvgIpc) is 2.28. The fourth-order valence-corrected chi connectivity index (χ4v) is 8.64. The van der Waals surface area contributed by atoms with Gasteiger partial charge >= 0.3 is 7.60 Å². The minimum atomic E-state index is -3.09. The molecule has 0 amide bonds. The molecule has 1 atom stereocenters. The Labute approximate surface area is 130 Å². The lowest BCUT2D eigenvalue weighted by molar-refractivity contribution is 0.222. The van der Waals surface area contributed by atoms with Gasteiger partial charge in [0.2, 0.25) is 0 Å². The summed E-state index contributed by atoms with van der Waals surface area (Å²) in [6, 6.07) is 0. The molecule has 0 fully saturated rings. The lowest BCUT2D eigenvalue weighted by Gasteiger charge is -2.27. The molecule has 0 radical (unpaired) electrons. The van der Waals surface area contributed by atoms with Crippen LogP contribution in [0.4, 0.5) is 0 Å². The first-order valence-corrected chi connectivity index (χ1v) is 11.1. The van der Waals surface area contributed by atoms with Gasteiger partial charge in [-0.15, -0.1) is 18.3 Å². The molecule has 0 heterocycles. The lowest BCUT2D eigenvalue weighted by atomic mass is 10.3. The molecule has 0 N–H and O–H groups in total. The summed E-state index contributed by atoms with van der Waals surface area (Å²) in [6.07, 6.45) is 1.81. The predicted molar refractivity (Wildman–Crippen MR) is 92.2 cm³/mol. The summed E-state index contributed by atoms with van der Waals surface area (Å²) in [7, 11) is 0.186. The maximum atomic E-state index is 12.8. The first-order chi connectivity index (χ1) is 8.79. The molecule has 0 aromatic rings. The van der Waals surface area contributed by atoms with Crippen LogP contribution in [0.25, 0.3) is 0 Å². The topological polar surface area (TPSA) is 35.5 Å². The van der Waals surface area contributed by atoms with Crippen LogP contribution in [0.2, 0.25) is 0 Å². The summed E-state index contributed by atoms with van der Waals surface area (Å²) in [4.78, 5) is 0. The Balaban J connectivity index is 4.84. The molecule has 0 spiro atoms. The van der Waals surface area contributed by atoms with Crippen molar-refractivity contribution in [3.05, 3.63) is 12.7 Å². The molecule has 0 saturated carbocycles. The molecular formula is C12H25O3PS3. The van der Waals surface area contributed by atoms with Crippen LogP contribution in [0.1, 0.15) is 34.6 Å². The van der Waals surface area contributed by atoms with Gasteiger partial charge < -0.3 is 9.05 Å². The number of thioether (sulfide) groups is 1. The van der Waals surface area contributed by atoms with Gasteiger partial charge in [-0.25, -0.2) is 0 Å². The highest BCUT2D eigenvalue weighted by Crippen LogP contribution is 2.64. The zero-order valence-electron chi connectivity index (χ0n) is 12.4. The second-order valence-electron chi connectivity index (χ2n) is 4.60. The fraction of sp³-hybridized carbons (Fsp3) is 0.833. The van der Waals surface area contributed by atoms with Gasteiger partial charge in [0.15, 0.2) is 4.32 Å². The van der Waals surface area contributed by atoms with E-state index in [0.29, 0.717) is 13.2 Å².